The molecule has 27 heavy (non-hydrogen) atoms. The summed E-state index contributed by atoms with van der Waals surface area (Å²) in [6.07, 6.45) is 5.44. The molecule has 2 fully saturated rings. The van der Waals surface area contributed by atoms with Crippen LogP contribution in [0.3, 0.4) is 0 Å². The molecule has 2 aliphatic carbocycles. The lowest BCUT2D eigenvalue weighted by atomic mass is 9.43. The fourth-order valence-corrected chi connectivity index (χ4v) is 9.46. The van der Waals surface area contributed by atoms with Crippen LogP contribution in [0.2, 0.25) is 0 Å². The summed E-state index contributed by atoms with van der Waals surface area (Å²) in [6, 6.07) is 3.17. The first-order valence-electron chi connectivity index (χ1n) is 10.1. The van der Waals surface area contributed by atoms with E-state index in [9.17, 15) is 13.5 Å². The lowest BCUT2D eigenvalue weighted by Crippen LogP contribution is -2.59. The van der Waals surface area contributed by atoms with Gasteiger partial charge in [-0.25, -0.2) is 8.42 Å². The maximum atomic E-state index is 13.3. The normalized spacial score (nSPS) is 39.0. The van der Waals surface area contributed by atoms with Crippen LogP contribution in [0.25, 0.3) is 0 Å². The molecule has 5 heteroatoms. The van der Waals surface area contributed by atoms with E-state index < -0.39 is 9.84 Å². The summed E-state index contributed by atoms with van der Waals surface area (Å²) >= 11 is 0. The van der Waals surface area contributed by atoms with Crippen LogP contribution in [0.1, 0.15) is 65.4 Å². The van der Waals surface area contributed by atoms with Crippen LogP contribution in [0.15, 0.2) is 17.0 Å². The topological polar surface area (TPSA) is 63.6 Å². The summed E-state index contributed by atoms with van der Waals surface area (Å²) in [7, 11) is -1.97. The van der Waals surface area contributed by atoms with E-state index in [2.05, 4.69) is 27.7 Å². The average molecular weight is 393 g/mol. The van der Waals surface area contributed by atoms with Gasteiger partial charge >= 0.3 is 0 Å². The third-order valence-electron chi connectivity index (χ3n) is 8.38. The minimum absolute atomic E-state index is 0.0219. The number of phenols is 1. The van der Waals surface area contributed by atoms with Gasteiger partial charge in [-0.2, -0.15) is 0 Å². The Hall–Kier alpha value is -1.23. The van der Waals surface area contributed by atoms with Crippen molar-refractivity contribution in [1.29, 1.82) is 0 Å². The highest BCUT2D eigenvalue weighted by molar-refractivity contribution is 7.91. The first-order valence-corrected chi connectivity index (χ1v) is 11.8. The third-order valence-corrected chi connectivity index (χ3v) is 10.1. The second kappa shape index (κ2) is 5.65. The van der Waals surface area contributed by atoms with Crippen molar-refractivity contribution < 1.29 is 18.3 Å². The maximum absolute atomic E-state index is 13.3. The number of aromatic hydroxyl groups is 1. The number of benzene rings is 1. The second-order valence-corrected chi connectivity index (χ2v) is 12.2. The number of hydrogen-bond donors (Lipinski definition) is 1. The van der Waals surface area contributed by atoms with Gasteiger partial charge in [0.1, 0.15) is 11.5 Å². The summed E-state index contributed by atoms with van der Waals surface area (Å²) in [5, 5.41) is 10.8. The van der Waals surface area contributed by atoms with E-state index >= 15 is 0 Å². The van der Waals surface area contributed by atoms with Gasteiger partial charge in [0.2, 0.25) is 0 Å². The van der Waals surface area contributed by atoms with Crippen LogP contribution in [0, 0.1) is 22.7 Å². The molecular weight excluding hydrogens is 360 g/mol. The minimum atomic E-state index is -3.47. The molecule has 4 unspecified atom stereocenters. The highest BCUT2D eigenvalue weighted by Gasteiger charge is 2.62. The predicted octanol–water partition coefficient (Wildman–Crippen LogP) is 4.69. The molecule has 1 aromatic carbocycles. The van der Waals surface area contributed by atoms with Crippen LogP contribution >= 0.6 is 0 Å². The predicted molar refractivity (Wildman–Crippen MR) is 106 cm³/mol. The summed E-state index contributed by atoms with van der Waals surface area (Å²) in [5.74, 6) is 1.19. The van der Waals surface area contributed by atoms with Crippen molar-refractivity contribution >= 4 is 9.84 Å². The molecule has 0 aromatic heterocycles. The number of ether oxygens (including phenoxy) is 1. The van der Waals surface area contributed by atoms with Crippen LogP contribution in [-0.4, -0.2) is 26.4 Å². The Morgan fingerprint density at radius 1 is 1.07 bits per heavy atom. The Balaban J connectivity index is 1.94. The van der Waals surface area contributed by atoms with Gasteiger partial charge in [-0.15, -0.1) is 0 Å². The molecule has 2 saturated carbocycles. The van der Waals surface area contributed by atoms with Gasteiger partial charge in [0, 0.05) is 17.0 Å². The van der Waals surface area contributed by atoms with Crippen molar-refractivity contribution in [3.63, 3.8) is 0 Å². The number of rotatable bonds is 1. The van der Waals surface area contributed by atoms with Gasteiger partial charge in [-0.1, -0.05) is 34.1 Å². The quantitative estimate of drug-likeness (QED) is 0.753. The number of methoxy groups -OCH3 is 1. The van der Waals surface area contributed by atoms with Crippen molar-refractivity contribution in [3.05, 3.63) is 17.7 Å². The van der Waals surface area contributed by atoms with E-state index in [4.69, 9.17) is 4.74 Å². The number of hydrogen-bond acceptors (Lipinski definition) is 4. The van der Waals surface area contributed by atoms with Crippen molar-refractivity contribution in [2.24, 2.45) is 22.7 Å². The molecule has 150 valence electrons. The van der Waals surface area contributed by atoms with Crippen LogP contribution in [-0.2, 0) is 15.3 Å². The highest BCUT2D eigenvalue weighted by Crippen LogP contribution is 2.67. The molecule has 4 rings (SSSR count). The SMILES string of the molecule is COc1cc(O)c2c(c1)S(=O)(=O)CC1C2(C)CCC2C(C)(C)CCCC21C. The van der Waals surface area contributed by atoms with Gasteiger partial charge in [0.05, 0.1) is 17.8 Å². The highest BCUT2D eigenvalue weighted by atomic mass is 32.2. The molecular formula is C22H32O4S. The molecule has 4 atom stereocenters. The third kappa shape index (κ3) is 2.49. The maximum Gasteiger partial charge on any atom is 0.179 e. The zero-order chi connectivity index (χ0) is 19.8. The zero-order valence-electron chi connectivity index (χ0n) is 17.1. The lowest BCUT2D eigenvalue weighted by Gasteiger charge is -2.63. The van der Waals surface area contributed by atoms with E-state index in [1.807, 2.05) is 0 Å². The monoisotopic (exact) mass is 392 g/mol. The largest absolute Gasteiger partial charge is 0.507 e. The molecule has 0 spiro atoms. The van der Waals surface area contributed by atoms with Gasteiger partial charge in [-0.05, 0) is 54.4 Å². The number of sulfone groups is 1. The van der Waals surface area contributed by atoms with E-state index in [0.717, 1.165) is 25.7 Å². The summed E-state index contributed by atoms with van der Waals surface area (Å²) in [4.78, 5) is 0.273. The Labute approximate surface area is 163 Å². The van der Waals surface area contributed by atoms with E-state index in [1.54, 1.807) is 12.1 Å². The van der Waals surface area contributed by atoms with Crippen LogP contribution < -0.4 is 4.74 Å². The molecule has 1 aliphatic heterocycles. The van der Waals surface area contributed by atoms with E-state index in [1.165, 1.54) is 13.5 Å². The van der Waals surface area contributed by atoms with E-state index in [0.29, 0.717) is 17.2 Å². The van der Waals surface area contributed by atoms with Crippen molar-refractivity contribution in [2.75, 3.05) is 12.9 Å². The Bertz CT molecular complexity index is 888. The Kier molecular flexibility index (Phi) is 4.00. The van der Waals surface area contributed by atoms with Gasteiger partial charge in [0.15, 0.2) is 9.84 Å². The van der Waals surface area contributed by atoms with Crippen LogP contribution in [0.4, 0.5) is 0 Å². The summed E-state index contributed by atoms with van der Waals surface area (Å²) < 4.78 is 31.8. The molecule has 3 aliphatic rings. The summed E-state index contributed by atoms with van der Waals surface area (Å²) in [5.41, 5.74) is 0.518. The molecule has 0 saturated heterocycles. The van der Waals surface area contributed by atoms with Gasteiger partial charge in [0.25, 0.3) is 0 Å². The molecule has 0 radical (unpaired) electrons. The lowest BCUT2D eigenvalue weighted by molar-refractivity contribution is -0.0984. The first kappa shape index (κ1) is 19.1. The number of fused-ring (bicyclic) bond motifs is 5. The van der Waals surface area contributed by atoms with Crippen molar-refractivity contribution in [1.82, 2.24) is 0 Å². The molecule has 4 nitrogen and oxygen atoms in total. The Morgan fingerprint density at radius 3 is 2.44 bits per heavy atom. The average Bonchev–Trinajstić information content (AvgIpc) is 2.56. The first-order chi connectivity index (χ1) is 12.5. The minimum Gasteiger partial charge on any atom is -0.507 e. The Morgan fingerprint density at radius 2 is 1.78 bits per heavy atom. The smallest absolute Gasteiger partial charge is 0.179 e. The summed E-state index contributed by atoms with van der Waals surface area (Å²) in [6.45, 7) is 9.21. The fourth-order valence-electron chi connectivity index (χ4n) is 7.15. The molecule has 0 bridgehead atoms. The van der Waals surface area contributed by atoms with Gasteiger partial charge in [-0.3, -0.25) is 0 Å². The second-order valence-electron chi connectivity index (χ2n) is 10.2. The molecule has 1 heterocycles. The zero-order valence-corrected chi connectivity index (χ0v) is 17.9. The molecule has 0 amide bonds. The molecule has 1 N–H and O–H groups in total. The molecule has 1 aromatic rings. The fraction of sp³-hybridized carbons (Fsp3) is 0.727. The number of phenolic OH excluding ortho intramolecular Hbond substituents is 1. The van der Waals surface area contributed by atoms with Crippen molar-refractivity contribution in [3.8, 4) is 11.5 Å². The van der Waals surface area contributed by atoms with E-state index in [-0.39, 0.29) is 38.6 Å². The van der Waals surface area contributed by atoms with Gasteiger partial charge < -0.3 is 9.84 Å². The van der Waals surface area contributed by atoms with Crippen LogP contribution in [0.5, 0.6) is 11.5 Å². The van der Waals surface area contributed by atoms with Crippen molar-refractivity contribution in [2.45, 2.75) is 70.1 Å². The standard InChI is InChI=1S/C22H32O4S/c1-20(2)8-6-9-21(3)17(20)7-10-22(4)18(21)13-27(24,25)16-12-14(26-5)11-15(23)19(16)22/h11-12,17-18,23H,6-10,13H2,1-5H3.